The van der Waals surface area contributed by atoms with Crippen molar-refractivity contribution in [1.29, 1.82) is 5.41 Å². The molecule has 1 aromatic carbocycles. The van der Waals surface area contributed by atoms with E-state index in [9.17, 15) is 9.59 Å². The van der Waals surface area contributed by atoms with Crippen LogP contribution >= 0.6 is 0 Å². The van der Waals surface area contributed by atoms with Gasteiger partial charge in [-0.05, 0) is 17.7 Å². The van der Waals surface area contributed by atoms with Gasteiger partial charge in [-0.15, -0.1) is 0 Å². The molecule has 0 saturated carbocycles. The highest BCUT2D eigenvalue weighted by molar-refractivity contribution is 5.94. The zero-order chi connectivity index (χ0) is 18.7. The van der Waals surface area contributed by atoms with E-state index in [2.05, 4.69) is 10.3 Å². The molecule has 2 aromatic rings. The number of hydrogen-bond donors (Lipinski definition) is 4. The van der Waals surface area contributed by atoms with Crippen molar-refractivity contribution in [2.24, 2.45) is 5.73 Å². The molecule has 1 saturated heterocycles. The first-order chi connectivity index (χ1) is 12.5. The highest BCUT2D eigenvalue weighted by Crippen LogP contribution is 2.32. The Balaban J connectivity index is 1.94. The molecule has 1 atom stereocenters. The molecular weight excluding hydrogens is 334 g/mol. The molecule has 2 amide bonds. The van der Waals surface area contributed by atoms with E-state index in [1.54, 1.807) is 12.1 Å². The summed E-state index contributed by atoms with van der Waals surface area (Å²) in [5.74, 6) is -0.999. The maximum Gasteiger partial charge on any atom is 0.318 e. The number of hydrogen-bond acceptors (Lipinski definition) is 4. The number of pyridine rings is 1. The minimum Gasteiger partial charge on any atom is -0.481 e. The number of nitrogens with one attached hydrogen (secondary N) is 2. The Hall–Kier alpha value is -3.42. The Bertz CT molecular complexity index is 850. The number of nitrogens with zero attached hydrogens (tertiary/aromatic N) is 2. The van der Waals surface area contributed by atoms with Gasteiger partial charge in [-0.25, -0.2) is 4.79 Å². The number of carbonyl (C=O) groups is 2. The van der Waals surface area contributed by atoms with Crippen LogP contribution in [-0.4, -0.2) is 45.9 Å². The summed E-state index contributed by atoms with van der Waals surface area (Å²) in [6, 6.07) is 10.5. The van der Waals surface area contributed by atoms with Crippen LogP contribution in [0.25, 0.3) is 11.3 Å². The maximum atomic E-state index is 12.1. The molecular formula is C18H19N5O3. The first-order valence-electron chi connectivity index (χ1n) is 8.13. The second kappa shape index (κ2) is 7.22. The van der Waals surface area contributed by atoms with E-state index < -0.39 is 5.97 Å². The summed E-state index contributed by atoms with van der Waals surface area (Å²) in [7, 11) is 0. The van der Waals surface area contributed by atoms with E-state index >= 15 is 0 Å². The van der Waals surface area contributed by atoms with Gasteiger partial charge in [0.2, 0.25) is 0 Å². The molecule has 3 rings (SSSR count). The number of nitrogens with two attached hydrogens (primary N) is 1. The molecule has 0 bridgehead atoms. The van der Waals surface area contributed by atoms with Crippen LogP contribution in [-0.2, 0) is 4.79 Å². The normalized spacial score (nSPS) is 16.4. The number of urea groups is 1. The van der Waals surface area contributed by atoms with E-state index in [0.717, 1.165) is 11.1 Å². The molecule has 1 aromatic heterocycles. The van der Waals surface area contributed by atoms with E-state index in [4.69, 9.17) is 16.2 Å². The molecule has 0 spiro atoms. The Kier molecular flexibility index (Phi) is 4.83. The van der Waals surface area contributed by atoms with Crippen molar-refractivity contribution in [1.82, 2.24) is 15.2 Å². The van der Waals surface area contributed by atoms with Gasteiger partial charge in [0.05, 0.1) is 18.2 Å². The van der Waals surface area contributed by atoms with E-state index in [1.165, 1.54) is 11.1 Å². The van der Waals surface area contributed by atoms with Crippen LogP contribution in [0.15, 0.2) is 42.6 Å². The molecule has 134 valence electrons. The Morgan fingerprint density at radius 1 is 1.35 bits per heavy atom. The Morgan fingerprint density at radius 3 is 2.77 bits per heavy atom. The van der Waals surface area contributed by atoms with Crippen LogP contribution in [0.4, 0.5) is 4.79 Å². The number of benzene rings is 1. The van der Waals surface area contributed by atoms with E-state index in [-0.39, 0.29) is 30.9 Å². The lowest BCUT2D eigenvalue weighted by Crippen LogP contribution is -2.32. The quantitative estimate of drug-likeness (QED) is 0.462. The second-order valence-corrected chi connectivity index (χ2v) is 5.97. The fourth-order valence-corrected chi connectivity index (χ4v) is 3.02. The molecule has 0 radical (unpaired) electrons. The van der Waals surface area contributed by atoms with Crippen molar-refractivity contribution in [3.8, 4) is 11.3 Å². The zero-order valence-electron chi connectivity index (χ0n) is 14.0. The Morgan fingerprint density at radius 2 is 2.12 bits per heavy atom. The van der Waals surface area contributed by atoms with Gasteiger partial charge in [0.15, 0.2) is 0 Å². The van der Waals surface area contributed by atoms with Crippen molar-refractivity contribution < 1.29 is 14.7 Å². The molecule has 1 aliphatic rings. The highest BCUT2D eigenvalue weighted by Gasteiger charge is 2.33. The number of carboxylic acids is 1. The van der Waals surface area contributed by atoms with Crippen molar-refractivity contribution in [2.45, 2.75) is 12.5 Å². The lowest BCUT2D eigenvalue weighted by molar-refractivity contribution is -0.137. The van der Waals surface area contributed by atoms with Crippen molar-refractivity contribution in [3.63, 3.8) is 0 Å². The van der Waals surface area contributed by atoms with E-state index in [1.807, 2.05) is 24.3 Å². The number of carbonyl (C=O) groups excluding carboxylic acids is 1. The molecule has 5 N–H and O–H groups in total. The topological polar surface area (TPSA) is 132 Å². The zero-order valence-corrected chi connectivity index (χ0v) is 14.0. The number of aromatic nitrogens is 1. The van der Waals surface area contributed by atoms with Gasteiger partial charge < -0.3 is 21.1 Å². The minimum atomic E-state index is -0.946. The number of aliphatic carboxylic acids is 1. The second-order valence-electron chi connectivity index (χ2n) is 5.97. The SMILES string of the molecule is N=C(N)c1ccc(-c2ccccc2C2CNC(=O)N2CCC(=O)O)nc1. The summed E-state index contributed by atoms with van der Waals surface area (Å²) in [4.78, 5) is 28.9. The van der Waals surface area contributed by atoms with Gasteiger partial charge in [-0.2, -0.15) is 0 Å². The third kappa shape index (κ3) is 3.49. The predicted octanol–water partition coefficient (Wildman–Crippen LogP) is 1.57. The van der Waals surface area contributed by atoms with Crippen LogP contribution in [0, 0.1) is 5.41 Å². The summed E-state index contributed by atoms with van der Waals surface area (Å²) >= 11 is 0. The number of rotatable bonds is 6. The fourth-order valence-electron chi connectivity index (χ4n) is 3.02. The van der Waals surface area contributed by atoms with Crippen LogP contribution in [0.2, 0.25) is 0 Å². The van der Waals surface area contributed by atoms with Gasteiger partial charge in [-0.3, -0.25) is 15.2 Å². The largest absolute Gasteiger partial charge is 0.481 e. The summed E-state index contributed by atoms with van der Waals surface area (Å²) in [6.07, 6.45) is 1.42. The van der Waals surface area contributed by atoms with E-state index in [0.29, 0.717) is 17.8 Å². The molecule has 26 heavy (non-hydrogen) atoms. The summed E-state index contributed by atoms with van der Waals surface area (Å²) < 4.78 is 0. The fraction of sp³-hybridized carbons (Fsp3) is 0.222. The standard InChI is InChI=1S/C18H19N5O3/c19-17(20)11-5-6-14(21-9-11)12-3-1-2-4-13(12)15-10-22-18(26)23(15)8-7-16(24)25/h1-6,9,15H,7-8,10H2,(H3,19,20)(H,22,26)(H,24,25). The molecule has 0 aliphatic carbocycles. The molecule has 8 nitrogen and oxygen atoms in total. The Labute approximate surface area is 150 Å². The van der Waals surface area contributed by atoms with Crippen LogP contribution in [0.3, 0.4) is 0 Å². The van der Waals surface area contributed by atoms with Crippen molar-refractivity contribution in [2.75, 3.05) is 13.1 Å². The predicted molar refractivity (Wildman–Crippen MR) is 95.8 cm³/mol. The van der Waals surface area contributed by atoms with Crippen molar-refractivity contribution in [3.05, 3.63) is 53.7 Å². The number of carboxylic acid groups (broad SMARTS) is 1. The van der Waals surface area contributed by atoms with Crippen molar-refractivity contribution >= 4 is 17.8 Å². The number of amides is 2. The number of nitrogen functional groups attached to an aromatic ring is 1. The average molecular weight is 353 g/mol. The van der Waals surface area contributed by atoms with Gasteiger partial charge in [-0.1, -0.05) is 24.3 Å². The first-order valence-corrected chi connectivity index (χ1v) is 8.13. The molecule has 1 aliphatic heterocycles. The monoisotopic (exact) mass is 353 g/mol. The summed E-state index contributed by atoms with van der Waals surface area (Å²) in [5, 5.41) is 19.2. The van der Waals surface area contributed by atoms with Gasteiger partial charge in [0.25, 0.3) is 0 Å². The molecule has 2 heterocycles. The summed E-state index contributed by atoms with van der Waals surface area (Å²) in [6.45, 7) is 0.540. The lowest BCUT2D eigenvalue weighted by atomic mass is 9.97. The third-order valence-electron chi connectivity index (χ3n) is 4.32. The molecule has 1 fully saturated rings. The third-order valence-corrected chi connectivity index (χ3v) is 4.32. The van der Waals surface area contributed by atoms with Crippen LogP contribution < -0.4 is 11.1 Å². The highest BCUT2D eigenvalue weighted by atomic mass is 16.4. The average Bonchev–Trinajstić information content (AvgIpc) is 3.00. The number of amidine groups is 1. The van der Waals surface area contributed by atoms with Gasteiger partial charge in [0, 0.05) is 30.4 Å². The lowest BCUT2D eigenvalue weighted by Gasteiger charge is -2.24. The smallest absolute Gasteiger partial charge is 0.318 e. The maximum absolute atomic E-state index is 12.1. The van der Waals surface area contributed by atoms with Gasteiger partial charge >= 0.3 is 12.0 Å². The van der Waals surface area contributed by atoms with Crippen LogP contribution in [0.5, 0.6) is 0 Å². The first kappa shape index (κ1) is 17.4. The summed E-state index contributed by atoms with van der Waals surface area (Å²) in [5.41, 5.74) is 8.44. The molecule has 8 heteroatoms. The van der Waals surface area contributed by atoms with Crippen LogP contribution in [0.1, 0.15) is 23.6 Å². The molecule has 1 unspecified atom stereocenters. The van der Waals surface area contributed by atoms with Gasteiger partial charge in [0.1, 0.15) is 5.84 Å². The minimum absolute atomic E-state index is 0.0530.